The maximum Gasteiger partial charge on any atom is 0.0730 e. The van der Waals surface area contributed by atoms with E-state index in [9.17, 15) is 0 Å². The maximum absolute atomic E-state index is 4.76. The van der Waals surface area contributed by atoms with Gasteiger partial charge in [-0.3, -0.25) is 0 Å². The van der Waals surface area contributed by atoms with Gasteiger partial charge in [-0.15, -0.1) is 12.4 Å². The number of pyridine rings is 1. The van der Waals surface area contributed by atoms with E-state index >= 15 is 0 Å². The standard InChI is InChI=1S/C20H17N3.ClH/c1-21-14-10-12-15(13-11-14)22-20-16-6-2-4-8-18(16)23-19-9-5-3-7-17(19)20;/h2-13,21H,1H3,(H,22,23);1H. The van der Waals surface area contributed by atoms with E-state index in [4.69, 9.17) is 4.98 Å². The third-order valence-electron chi connectivity index (χ3n) is 4.03. The summed E-state index contributed by atoms with van der Waals surface area (Å²) in [4.78, 5) is 4.76. The highest BCUT2D eigenvalue weighted by Crippen LogP contribution is 2.33. The van der Waals surface area contributed by atoms with Gasteiger partial charge in [0, 0.05) is 29.2 Å². The first kappa shape index (κ1) is 16.1. The fourth-order valence-corrected chi connectivity index (χ4v) is 2.84. The van der Waals surface area contributed by atoms with E-state index < -0.39 is 0 Å². The Morgan fingerprint density at radius 2 is 1.17 bits per heavy atom. The summed E-state index contributed by atoms with van der Waals surface area (Å²) in [5, 5.41) is 8.97. The van der Waals surface area contributed by atoms with Crippen LogP contribution in [0, 0.1) is 0 Å². The van der Waals surface area contributed by atoms with E-state index in [-0.39, 0.29) is 12.4 Å². The van der Waals surface area contributed by atoms with Gasteiger partial charge in [0.1, 0.15) is 0 Å². The first-order chi connectivity index (χ1) is 11.3. The van der Waals surface area contributed by atoms with Crippen LogP contribution in [-0.4, -0.2) is 12.0 Å². The Bertz CT molecular complexity index is 927. The Morgan fingerprint density at radius 3 is 1.71 bits per heavy atom. The molecule has 0 bridgehead atoms. The minimum atomic E-state index is 0. The molecule has 120 valence electrons. The molecule has 0 aliphatic carbocycles. The molecule has 0 unspecified atom stereocenters. The number of para-hydroxylation sites is 2. The molecular weight excluding hydrogens is 318 g/mol. The third-order valence-corrected chi connectivity index (χ3v) is 4.03. The molecule has 3 nitrogen and oxygen atoms in total. The molecule has 4 heteroatoms. The molecule has 1 aromatic heterocycles. The minimum Gasteiger partial charge on any atom is -0.388 e. The van der Waals surface area contributed by atoms with Crippen molar-refractivity contribution in [3.8, 4) is 0 Å². The van der Waals surface area contributed by atoms with Gasteiger partial charge < -0.3 is 10.6 Å². The van der Waals surface area contributed by atoms with E-state index in [0.717, 1.165) is 38.9 Å². The molecular formula is C20H18ClN3. The van der Waals surface area contributed by atoms with Crippen LogP contribution in [0.3, 0.4) is 0 Å². The highest BCUT2D eigenvalue weighted by molar-refractivity contribution is 6.08. The van der Waals surface area contributed by atoms with Gasteiger partial charge in [0.05, 0.1) is 16.7 Å². The number of benzene rings is 3. The number of nitrogens with zero attached hydrogens (tertiary/aromatic N) is 1. The first-order valence-corrected chi connectivity index (χ1v) is 7.67. The average Bonchev–Trinajstić information content (AvgIpc) is 2.62. The second-order valence-corrected chi connectivity index (χ2v) is 5.47. The number of aromatic nitrogens is 1. The molecule has 24 heavy (non-hydrogen) atoms. The second-order valence-electron chi connectivity index (χ2n) is 5.47. The number of hydrogen-bond acceptors (Lipinski definition) is 3. The Labute approximate surface area is 147 Å². The molecule has 0 atom stereocenters. The molecule has 4 aromatic rings. The second kappa shape index (κ2) is 6.77. The lowest BCUT2D eigenvalue weighted by Gasteiger charge is -2.13. The predicted octanol–water partition coefficient (Wildman–Crippen LogP) is 5.60. The first-order valence-electron chi connectivity index (χ1n) is 7.67. The molecule has 0 fully saturated rings. The van der Waals surface area contributed by atoms with Crippen LogP contribution in [0.5, 0.6) is 0 Å². The van der Waals surface area contributed by atoms with Crippen molar-refractivity contribution >= 4 is 51.3 Å². The molecule has 0 radical (unpaired) electrons. The Hall–Kier alpha value is -2.78. The van der Waals surface area contributed by atoms with Crippen LogP contribution in [-0.2, 0) is 0 Å². The molecule has 2 N–H and O–H groups in total. The summed E-state index contributed by atoms with van der Waals surface area (Å²) in [7, 11) is 1.92. The van der Waals surface area contributed by atoms with Crippen molar-refractivity contribution in [1.82, 2.24) is 4.98 Å². The zero-order valence-electron chi connectivity index (χ0n) is 13.3. The summed E-state index contributed by atoms with van der Waals surface area (Å²) in [6.07, 6.45) is 0. The summed E-state index contributed by atoms with van der Waals surface area (Å²) in [5.41, 5.74) is 5.26. The largest absolute Gasteiger partial charge is 0.388 e. The monoisotopic (exact) mass is 335 g/mol. The molecule has 4 rings (SSSR count). The van der Waals surface area contributed by atoms with Gasteiger partial charge in [-0.25, -0.2) is 4.98 Å². The molecule has 0 aliphatic rings. The number of hydrogen-bond donors (Lipinski definition) is 2. The number of anilines is 3. The molecule has 0 saturated carbocycles. The van der Waals surface area contributed by atoms with Crippen LogP contribution >= 0.6 is 12.4 Å². The summed E-state index contributed by atoms with van der Waals surface area (Å²) < 4.78 is 0. The van der Waals surface area contributed by atoms with Gasteiger partial charge in [-0.05, 0) is 36.4 Å². The van der Waals surface area contributed by atoms with Gasteiger partial charge in [-0.2, -0.15) is 0 Å². The number of rotatable bonds is 3. The highest BCUT2D eigenvalue weighted by atomic mass is 35.5. The summed E-state index contributed by atoms with van der Waals surface area (Å²) in [6.45, 7) is 0. The van der Waals surface area contributed by atoms with Gasteiger partial charge in [0.25, 0.3) is 0 Å². The van der Waals surface area contributed by atoms with Crippen LogP contribution in [0.15, 0.2) is 72.8 Å². The van der Waals surface area contributed by atoms with Crippen molar-refractivity contribution in [3.05, 3.63) is 72.8 Å². The van der Waals surface area contributed by atoms with Crippen molar-refractivity contribution in [2.24, 2.45) is 0 Å². The van der Waals surface area contributed by atoms with Crippen LogP contribution in [0.4, 0.5) is 17.1 Å². The van der Waals surface area contributed by atoms with Crippen LogP contribution < -0.4 is 10.6 Å². The zero-order chi connectivity index (χ0) is 15.6. The molecule has 0 aliphatic heterocycles. The fourth-order valence-electron chi connectivity index (χ4n) is 2.84. The topological polar surface area (TPSA) is 37.0 Å². The number of nitrogens with one attached hydrogen (secondary N) is 2. The summed E-state index contributed by atoms with van der Waals surface area (Å²) in [6, 6.07) is 24.8. The van der Waals surface area contributed by atoms with Crippen molar-refractivity contribution < 1.29 is 0 Å². The van der Waals surface area contributed by atoms with Crippen molar-refractivity contribution in [1.29, 1.82) is 0 Å². The van der Waals surface area contributed by atoms with Gasteiger partial charge in [0.2, 0.25) is 0 Å². The average molecular weight is 336 g/mol. The summed E-state index contributed by atoms with van der Waals surface area (Å²) >= 11 is 0. The molecule has 1 heterocycles. The fraction of sp³-hybridized carbons (Fsp3) is 0.0500. The van der Waals surface area contributed by atoms with E-state index in [1.165, 1.54) is 0 Å². The SMILES string of the molecule is CNc1ccc(Nc2c3ccccc3nc3ccccc23)cc1.Cl. The van der Waals surface area contributed by atoms with Crippen LogP contribution in [0.1, 0.15) is 0 Å². The van der Waals surface area contributed by atoms with Gasteiger partial charge in [0.15, 0.2) is 0 Å². The Kier molecular flexibility index (Phi) is 4.54. The molecule has 0 saturated heterocycles. The molecule has 0 amide bonds. The van der Waals surface area contributed by atoms with Crippen molar-refractivity contribution in [2.45, 2.75) is 0 Å². The Balaban J connectivity index is 0.00000169. The van der Waals surface area contributed by atoms with Crippen molar-refractivity contribution in [3.63, 3.8) is 0 Å². The predicted molar refractivity (Wildman–Crippen MR) is 106 cm³/mol. The van der Waals surface area contributed by atoms with E-state index in [2.05, 4.69) is 59.2 Å². The number of halogens is 1. The van der Waals surface area contributed by atoms with E-state index in [0.29, 0.717) is 0 Å². The van der Waals surface area contributed by atoms with Crippen molar-refractivity contribution in [2.75, 3.05) is 17.7 Å². The highest BCUT2D eigenvalue weighted by Gasteiger charge is 2.08. The van der Waals surface area contributed by atoms with E-state index in [1.54, 1.807) is 0 Å². The lowest BCUT2D eigenvalue weighted by atomic mass is 10.1. The van der Waals surface area contributed by atoms with Gasteiger partial charge in [-0.1, -0.05) is 36.4 Å². The van der Waals surface area contributed by atoms with Gasteiger partial charge >= 0.3 is 0 Å². The van der Waals surface area contributed by atoms with E-state index in [1.807, 2.05) is 31.3 Å². The Morgan fingerprint density at radius 1 is 0.667 bits per heavy atom. The van der Waals surface area contributed by atoms with Crippen LogP contribution in [0.2, 0.25) is 0 Å². The zero-order valence-corrected chi connectivity index (χ0v) is 14.1. The minimum absolute atomic E-state index is 0. The maximum atomic E-state index is 4.76. The smallest absolute Gasteiger partial charge is 0.0730 e. The quantitative estimate of drug-likeness (QED) is 0.479. The molecule has 0 spiro atoms. The third kappa shape index (κ3) is 2.86. The van der Waals surface area contributed by atoms with Crippen LogP contribution in [0.25, 0.3) is 21.8 Å². The molecule has 3 aromatic carbocycles. The lowest BCUT2D eigenvalue weighted by molar-refractivity contribution is 1.48. The summed E-state index contributed by atoms with van der Waals surface area (Å²) in [5.74, 6) is 0. The lowest BCUT2D eigenvalue weighted by Crippen LogP contribution is -1.95. The number of fused-ring (bicyclic) bond motifs is 2. The normalized spacial score (nSPS) is 10.4.